The van der Waals surface area contributed by atoms with Crippen LogP contribution in [0.25, 0.3) is 0 Å². The van der Waals surface area contributed by atoms with E-state index in [9.17, 15) is 4.79 Å². The van der Waals surface area contributed by atoms with Gasteiger partial charge in [0.15, 0.2) is 0 Å². The third kappa shape index (κ3) is 2.95. The molecule has 1 unspecified atom stereocenters. The van der Waals surface area contributed by atoms with Crippen molar-refractivity contribution < 1.29 is 14.6 Å². The van der Waals surface area contributed by atoms with Crippen molar-refractivity contribution in [2.75, 3.05) is 0 Å². The summed E-state index contributed by atoms with van der Waals surface area (Å²) in [6.07, 6.45) is 3.43. The van der Waals surface area contributed by atoms with Gasteiger partial charge >= 0.3 is 5.97 Å². The minimum atomic E-state index is -0.996. The number of hydrogen-bond acceptors (Lipinski definition) is 3. The van der Waals surface area contributed by atoms with Crippen molar-refractivity contribution in [2.45, 2.75) is 39.7 Å². The first-order valence-electron chi connectivity index (χ1n) is 5.41. The molecular weight excluding hydrogens is 206 g/mol. The minimum Gasteiger partial charge on any atom is -0.477 e. The second-order valence-corrected chi connectivity index (χ2v) is 3.83. The van der Waals surface area contributed by atoms with Crippen molar-refractivity contribution in [1.29, 1.82) is 0 Å². The van der Waals surface area contributed by atoms with E-state index < -0.39 is 5.97 Å². The van der Waals surface area contributed by atoms with Crippen LogP contribution in [-0.4, -0.2) is 22.2 Å². The van der Waals surface area contributed by atoms with Crippen molar-refractivity contribution in [1.82, 2.24) is 4.98 Å². The molecule has 0 fully saturated rings. The van der Waals surface area contributed by atoms with Crippen LogP contribution in [0.3, 0.4) is 0 Å². The normalized spacial score (nSPS) is 12.2. The Labute approximate surface area is 95.3 Å². The molecule has 4 heteroatoms. The zero-order chi connectivity index (χ0) is 12.1. The summed E-state index contributed by atoms with van der Waals surface area (Å²) in [6, 6.07) is 1.67. The fraction of sp³-hybridized carbons (Fsp3) is 0.500. The highest BCUT2D eigenvalue weighted by Gasteiger charge is 2.17. The Bertz CT molecular complexity index is 377. The van der Waals surface area contributed by atoms with Gasteiger partial charge in [0.05, 0.1) is 6.10 Å². The molecule has 1 atom stereocenters. The molecule has 0 saturated heterocycles. The lowest BCUT2D eigenvalue weighted by Crippen LogP contribution is -2.15. The lowest BCUT2D eigenvalue weighted by atomic mass is 10.1. The first kappa shape index (κ1) is 12.5. The van der Waals surface area contributed by atoms with Crippen molar-refractivity contribution in [2.24, 2.45) is 0 Å². The maximum Gasteiger partial charge on any atom is 0.341 e. The van der Waals surface area contributed by atoms with Gasteiger partial charge in [-0.1, -0.05) is 13.3 Å². The van der Waals surface area contributed by atoms with E-state index in [4.69, 9.17) is 9.84 Å². The van der Waals surface area contributed by atoms with E-state index in [1.165, 1.54) is 0 Å². The summed E-state index contributed by atoms with van der Waals surface area (Å²) in [5, 5.41) is 9.07. The van der Waals surface area contributed by atoms with Crippen LogP contribution in [0, 0.1) is 6.92 Å². The number of carboxylic acid groups (broad SMARTS) is 1. The number of nitrogens with zero attached hydrogens (tertiary/aromatic N) is 1. The van der Waals surface area contributed by atoms with E-state index in [-0.39, 0.29) is 17.5 Å². The molecule has 0 aliphatic rings. The van der Waals surface area contributed by atoms with E-state index >= 15 is 0 Å². The van der Waals surface area contributed by atoms with Crippen LogP contribution >= 0.6 is 0 Å². The van der Waals surface area contributed by atoms with Crippen LogP contribution in [0.5, 0.6) is 5.88 Å². The maximum absolute atomic E-state index is 11.1. The number of aromatic carboxylic acids is 1. The summed E-state index contributed by atoms with van der Waals surface area (Å²) in [5.41, 5.74) is 0.826. The van der Waals surface area contributed by atoms with Gasteiger partial charge in [-0.25, -0.2) is 9.78 Å². The zero-order valence-corrected chi connectivity index (χ0v) is 9.86. The Morgan fingerprint density at radius 2 is 2.31 bits per heavy atom. The molecule has 0 amide bonds. The van der Waals surface area contributed by atoms with Gasteiger partial charge in [0, 0.05) is 6.20 Å². The molecule has 0 saturated carbocycles. The number of carbonyl (C=O) groups is 1. The fourth-order valence-electron chi connectivity index (χ4n) is 1.54. The summed E-state index contributed by atoms with van der Waals surface area (Å²) in [7, 11) is 0. The molecule has 0 bridgehead atoms. The predicted molar refractivity (Wildman–Crippen MR) is 60.9 cm³/mol. The number of carboxylic acids is 1. The van der Waals surface area contributed by atoms with Crippen LogP contribution in [0.1, 0.15) is 42.6 Å². The molecule has 4 nitrogen and oxygen atoms in total. The molecule has 16 heavy (non-hydrogen) atoms. The topological polar surface area (TPSA) is 59.4 Å². The highest BCUT2D eigenvalue weighted by molar-refractivity contribution is 5.91. The number of pyridine rings is 1. The molecule has 0 radical (unpaired) electrons. The number of ether oxygens (including phenoxy) is 1. The predicted octanol–water partition coefficient (Wildman–Crippen LogP) is 2.66. The smallest absolute Gasteiger partial charge is 0.341 e. The molecular formula is C12H17NO3. The summed E-state index contributed by atoms with van der Waals surface area (Å²) >= 11 is 0. The molecule has 0 aromatic carbocycles. The molecule has 1 aromatic rings. The SMILES string of the molecule is CCCC(C)Oc1nccc(C)c1C(=O)O. The zero-order valence-electron chi connectivity index (χ0n) is 9.86. The van der Waals surface area contributed by atoms with Crippen molar-refractivity contribution in [3.8, 4) is 5.88 Å². The number of rotatable bonds is 5. The van der Waals surface area contributed by atoms with Crippen molar-refractivity contribution >= 4 is 5.97 Å². The highest BCUT2D eigenvalue weighted by Crippen LogP contribution is 2.20. The number of hydrogen-bond donors (Lipinski definition) is 1. The van der Waals surface area contributed by atoms with E-state index in [1.54, 1.807) is 19.2 Å². The van der Waals surface area contributed by atoms with Gasteiger partial charge in [-0.2, -0.15) is 0 Å². The van der Waals surface area contributed by atoms with Crippen LogP contribution in [0.2, 0.25) is 0 Å². The highest BCUT2D eigenvalue weighted by atomic mass is 16.5. The molecule has 0 spiro atoms. The average Bonchev–Trinajstić information content (AvgIpc) is 2.17. The van der Waals surface area contributed by atoms with Crippen molar-refractivity contribution in [3.05, 3.63) is 23.4 Å². The molecule has 1 heterocycles. The first-order chi connectivity index (χ1) is 7.56. The average molecular weight is 223 g/mol. The van der Waals surface area contributed by atoms with Gasteiger partial charge < -0.3 is 9.84 Å². The molecule has 0 aliphatic heterocycles. The summed E-state index contributed by atoms with van der Waals surface area (Å²) in [4.78, 5) is 15.0. The molecule has 1 N–H and O–H groups in total. The Morgan fingerprint density at radius 3 is 2.88 bits per heavy atom. The Kier molecular flexibility index (Phi) is 4.28. The summed E-state index contributed by atoms with van der Waals surface area (Å²) in [6.45, 7) is 5.71. The van der Waals surface area contributed by atoms with Gasteiger partial charge in [-0.15, -0.1) is 0 Å². The van der Waals surface area contributed by atoms with Gasteiger partial charge in [-0.05, 0) is 31.9 Å². The van der Waals surface area contributed by atoms with Gasteiger partial charge in [0.1, 0.15) is 5.56 Å². The standard InChI is InChI=1S/C12H17NO3/c1-4-5-9(3)16-11-10(12(14)15)8(2)6-7-13-11/h6-7,9H,4-5H2,1-3H3,(H,14,15). The van der Waals surface area contributed by atoms with E-state index in [1.807, 2.05) is 6.92 Å². The van der Waals surface area contributed by atoms with Gasteiger partial charge in [-0.3, -0.25) is 0 Å². The van der Waals surface area contributed by atoms with E-state index in [0.717, 1.165) is 12.8 Å². The second-order valence-electron chi connectivity index (χ2n) is 3.83. The summed E-state index contributed by atoms with van der Waals surface area (Å²) < 4.78 is 5.54. The van der Waals surface area contributed by atoms with Crippen LogP contribution < -0.4 is 4.74 Å². The lowest BCUT2D eigenvalue weighted by molar-refractivity contribution is 0.0687. The van der Waals surface area contributed by atoms with E-state index in [0.29, 0.717) is 5.56 Å². The second kappa shape index (κ2) is 5.49. The van der Waals surface area contributed by atoms with Gasteiger partial charge in [0.2, 0.25) is 5.88 Å². The Balaban J connectivity index is 2.95. The number of aryl methyl sites for hydroxylation is 1. The third-order valence-electron chi connectivity index (χ3n) is 2.35. The van der Waals surface area contributed by atoms with E-state index in [2.05, 4.69) is 11.9 Å². The molecule has 88 valence electrons. The summed E-state index contributed by atoms with van der Waals surface area (Å²) in [5.74, 6) is -0.780. The van der Waals surface area contributed by atoms with Gasteiger partial charge in [0.25, 0.3) is 0 Å². The molecule has 1 aromatic heterocycles. The van der Waals surface area contributed by atoms with Crippen LogP contribution in [-0.2, 0) is 0 Å². The Morgan fingerprint density at radius 1 is 1.62 bits per heavy atom. The number of aromatic nitrogens is 1. The van der Waals surface area contributed by atoms with Crippen molar-refractivity contribution in [3.63, 3.8) is 0 Å². The fourth-order valence-corrected chi connectivity index (χ4v) is 1.54. The lowest BCUT2D eigenvalue weighted by Gasteiger charge is -2.15. The molecule has 0 aliphatic carbocycles. The van der Waals surface area contributed by atoms with Crippen LogP contribution in [0.4, 0.5) is 0 Å². The minimum absolute atomic E-state index is 0.0163. The Hall–Kier alpha value is -1.58. The maximum atomic E-state index is 11.1. The van der Waals surface area contributed by atoms with Crippen LogP contribution in [0.15, 0.2) is 12.3 Å². The molecule has 1 rings (SSSR count). The monoisotopic (exact) mass is 223 g/mol. The largest absolute Gasteiger partial charge is 0.477 e. The quantitative estimate of drug-likeness (QED) is 0.833. The third-order valence-corrected chi connectivity index (χ3v) is 2.35. The first-order valence-corrected chi connectivity index (χ1v) is 5.41.